The molecule has 1 aliphatic heterocycles. The molecule has 1 amide bonds. The van der Waals surface area contributed by atoms with E-state index >= 15 is 0 Å². The van der Waals surface area contributed by atoms with Crippen molar-refractivity contribution in [1.82, 2.24) is 10.1 Å². The van der Waals surface area contributed by atoms with E-state index < -0.39 is 5.41 Å². The fourth-order valence-corrected chi connectivity index (χ4v) is 4.54. The van der Waals surface area contributed by atoms with Crippen LogP contribution in [-0.2, 0) is 23.1 Å². The Morgan fingerprint density at radius 3 is 2.75 bits per heavy atom. The molecule has 124 valence electrons. The van der Waals surface area contributed by atoms with Gasteiger partial charge in [0, 0.05) is 24.6 Å². The molecule has 24 heavy (non-hydrogen) atoms. The first kappa shape index (κ1) is 15.2. The summed E-state index contributed by atoms with van der Waals surface area (Å²) in [5.41, 5.74) is 2.54. The second-order valence-corrected chi connectivity index (χ2v) is 7.53. The van der Waals surface area contributed by atoms with Crippen LogP contribution in [0.25, 0.3) is 0 Å². The lowest BCUT2D eigenvalue weighted by atomic mass is 9.56. The van der Waals surface area contributed by atoms with Gasteiger partial charge in [-0.1, -0.05) is 41.6 Å². The normalized spacial score (nSPS) is 25.0. The third-order valence-corrected chi connectivity index (χ3v) is 5.57. The summed E-state index contributed by atoms with van der Waals surface area (Å²) in [6, 6.07) is 10.3. The minimum atomic E-state index is -0.545. The molecule has 0 saturated carbocycles. The topological polar surface area (TPSA) is 46.3 Å². The van der Waals surface area contributed by atoms with Gasteiger partial charge in [-0.3, -0.25) is 4.79 Å². The summed E-state index contributed by atoms with van der Waals surface area (Å²) < 4.78 is 5.56. The van der Waals surface area contributed by atoms with E-state index in [1.54, 1.807) is 6.20 Å². The van der Waals surface area contributed by atoms with E-state index in [4.69, 9.17) is 4.52 Å². The molecule has 0 spiro atoms. The number of fused-ring (bicyclic) bond motifs is 2. The number of likely N-dealkylation sites (N-methyl/N-ethyl adjacent to an activating group) is 1. The first-order chi connectivity index (χ1) is 11.4. The Morgan fingerprint density at radius 1 is 1.25 bits per heavy atom. The van der Waals surface area contributed by atoms with Crippen LogP contribution in [0.3, 0.4) is 0 Å². The standard InChI is InChI=1S/C20H22N2O2/c1-19(2)16-9-10-22(3)18(23)20(16,11-14-7-5-4-6-8-14)12-15-13-21-24-17(15)19/h4-9,13H,10-12H2,1-3H3. The quantitative estimate of drug-likeness (QED) is 0.798. The van der Waals surface area contributed by atoms with E-state index in [0.717, 1.165) is 11.3 Å². The summed E-state index contributed by atoms with van der Waals surface area (Å²) in [5, 5.41) is 4.01. The second kappa shape index (κ2) is 5.07. The number of hydrogen-bond acceptors (Lipinski definition) is 3. The van der Waals surface area contributed by atoms with Gasteiger partial charge >= 0.3 is 0 Å². The molecule has 4 heteroatoms. The lowest BCUT2D eigenvalue weighted by Crippen LogP contribution is -2.55. The van der Waals surface area contributed by atoms with E-state index in [1.165, 1.54) is 11.1 Å². The van der Waals surface area contributed by atoms with Crippen LogP contribution in [0.5, 0.6) is 0 Å². The summed E-state index contributed by atoms with van der Waals surface area (Å²) in [6.07, 6.45) is 5.36. The highest BCUT2D eigenvalue weighted by atomic mass is 16.5. The SMILES string of the molecule is CN1CC=C2C(Cc3ccccc3)(Cc3cnoc3C2(C)C)C1=O. The first-order valence-corrected chi connectivity index (χ1v) is 8.40. The highest BCUT2D eigenvalue weighted by molar-refractivity contribution is 5.89. The number of nitrogens with zero attached hydrogens (tertiary/aromatic N) is 2. The molecular weight excluding hydrogens is 300 g/mol. The molecule has 0 bridgehead atoms. The van der Waals surface area contributed by atoms with E-state index in [1.807, 2.05) is 30.1 Å². The van der Waals surface area contributed by atoms with Gasteiger partial charge in [-0.25, -0.2) is 0 Å². The van der Waals surface area contributed by atoms with Crippen molar-refractivity contribution in [2.45, 2.75) is 32.1 Å². The number of amides is 1. The van der Waals surface area contributed by atoms with Gasteiger partial charge in [-0.15, -0.1) is 0 Å². The van der Waals surface area contributed by atoms with Crippen molar-refractivity contribution in [2.24, 2.45) is 5.41 Å². The number of benzene rings is 1. The zero-order chi connectivity index (χ0) is 16.9. The average Bonchev–Trinajstić information content (AvgIpc) is 3.02. The first-order valence-electron chi connectivity index (χ1n) is 8.40. The zero-order valence-corrected chi connectivity index (χ0v) is 14.4. The molecule has 0 radical (unpaired) electrons. The Balaban J connectivity index is 1.91. The van der Waals surface area contributed by atoms with Gasteiger partial charge in [0.15, 0.2) is 0 Å². The molecule has 2 aromatic rings. The third-order valence-electron chi connectivity index (χ3n) is 5.57. The molecule has 1 aliphatic carbocycles. The summed E-state index contributed by atoms with van der Waals surface area (Å²) in [5.74, 6) is 1.10. The third kappa shape index (κ3) is 1.98. The highest BCUT2D eigenvalue weighted by Gasteiger charge is 2.55. The maximum Gasteiger partial charge on any atom is 0.233 e. The van der Waals surface area contributed by atoms with E-state index in [-0.39, 0.29) is 11.3 Å². The maximum atomic E-state index is 13.3. The molecule has 0 saturated heterocycles. The largest absolute Gasteiger partial charge is 0.360 e. The van der Waals surface area contributed by atoms with Crippen LogP contribution in [0, 0.1) is 5.41 Å². The highest BCUT2D eigenvalue weighted by Crippen LogP contribution is 2.53. The van der Waals surface area contributed by atoms with E-state index in [2.05, 4.69) is 37.2 Å². The fraction of sp³-hybridized carbons (Fsp3) is 0.400. The maximum absolute atomic E-state index is 13.3. The lowest BCUT2D eigenvalue weighted by molar-refractivity contribution is -0.140. The van der Waals surface area contributed by atoms with Gasteiger partial charge in [-0.05, 0) is 37.8 Å². The minimum absolute atomic E-state index is 0.198. The van der Waals surface area contributed by atoms with Gasteiger partial charge in [0.1, 0.15) is 5.76 Å². The van der Waals surface area contributed by atoms with Gasteiger partial charge in [0.25, 0.3) is 0 Å². The Bertz CT molecular complexity index is 819. The number of rotatable bonds is 2. The van der Waals surface area contributed by atoms with Crippen LogP contribution >= 0.6 is 0 Å². The van der Waals surface area contributed by atoms with E-state index in [0.29, 0.717) is 19.4 Å². The van der Waals surface area contributed by atoms with Crippen LogP contribution in [0.15, 0.2) is 52.7 Å². The van der Waals surface area contributed by atoms with Crippen molar-refractivity contribution in [2.75, 3.05) is 13.6 Å². The monoisotopic (exact) mass is 322 g/mol. The predicted molar refractivity (Wildman–Crippen MR) is 91.5 cm³/mol. The molecule has 0 N–H and O–H groups in total. The van der Waals surface area contributed by atoms with Gasteiger partial charge in [0.05, 0.1) is 11.6 Å². The fourth-order valence-electron chi connectivity index (χ4n) is 4.54. The summed E-state index contributed by atoms with van der Waals surface area (Å²) >= 11 is 0. The van der Waals surface area contributed by atoms with Gasteiger partial charge in [0.2, 0.25) is 5.91 Å². The Morgan fingerprint density at radius 2 is 2.00 bits per heavy atom. The molecule has 4 nitrogen and oxygen atoms in total. The summed E-state index contributed by atoms with van der Waals surface area (Å²) in [7, 11) is 1.89. The number of hydrogen-bond donors (Lipinski definition) is 0. The van der Waals surface area contributed by atoms with Crippen LogP contribution in [-0.4, -0.2) is 29.6 Å². The number of aromatic nitrogens is 1. The summed E-state index contributed by atoms with van der Waals surface area (Å²) in [4.78, 5) is 15.2. The molecule has 2 heterocycles. The molecule has 1 atom stereocenters. The number of carbonyl (C=O) groups excluding carboxylic acids is 1. The molecule has 2 aliphatic rings. The molecule has 1 unspecified atom stereocenters. The molecule has 4 rings (SSSR count). The Labute approximate surface area is 142 Å². The van der Waals surface area contributed by atoms with Crippen LogP contribution < -0.4 is 0 Å². The van der Waals surface area contributed by atoms with Crippen molar-refractivity contribution in [1.29, 1.82) is 0 Å². The van der Waals surface area contributed by atoms with Crippen molar-refractivity contribution in [3.05, 3.63) is 65.1 Å². The Kier molecular flexibility index (Phi) is 3.21. The van der Waals surface area contributed by atoms with Crippen LogP contribution in [0.2, 0.25) is 0 Å². The lowest BCUT2D eigenvalue weighted by Gasteiger charge is -2.49. The van der Waals surface area contributed by atoms with Crippen molar-refractivity contribution < 1.29 is 9.32 Å². The average molecular weight is 322 g/mol. The summed E-state index contributed by atoms with van der Waals surface area (Å²) in [6.45, 7) is 4.93. The number of carbonyl (C=O) groups is 1. The second-order valence-electron chi connectivity index (χ2n) is 7.53. The molecule has 0 fully saturated rings. The molecule has 1 aromatic heterocycles. The van der Waals surface area contributed by atoms with Crippen molar-refractivity contribution in [3.8, 4) is 0 Å². The Hall–Kier alpha value is -2.36. The smallest absolute Gasteiger partial charge is 0.233 e. The van der Waals surface area contributed by atoms with Crippen molar-refractivity contribution in [3.63, 3.8) is 0 Å². The predicted octanol–water partition coefficient (Wildman–Crippen LogP) is 3.14. The molecular formula is C20H22N2O2. The van der Waals surface area contributed by atoms with Crippen LogP contribution in [0.1, 0.15) is 30.7 Å². The van der Waals surface area contributed by atoms with Crippen LogP contribution in [0.4, 0.5) is 0 Å². The molecule has 1 aromatic carbocycles. The van der Waals surface area contributed by atoms with Gasteiger partial charge in [-0.2, -0.15) is 0 Å². The van der Waals surface area contributed by atoms with Crippen molar-refractivity contribution >= 4 is 5.91 Å². The van der Waals surface area contributed by atoms with Gasteiger partial charge < -0.3 is 9.42 Å². The minimum Gasteiger partial charge on any atom is -0.360 e. The van der Waals surface area contributed by atoms with E-state index in [9.17, 15) is 4.79 Å². The zero-order valence-electron chi connectivity index (χ0n) is 14.4.